The molecule has 0 spiro atoms. The quantitative estimate of drug-likeness (QED) is 0.369. The molecule has 2 rings (SSSR count). The SMILES string of the molecule is CN=C(NCCc1ncc(C)s1)NCc1ccc(CN(C)C)cc1.I. The average molecular weight is 473 g/mol. The molecule has 0 fully saturated rings. The smallest absolute Gasteiger partial charge is 0.191 e. The molecule has 2 aromatic rings. The first-order valence-corrected chi connectivity index (χ1v) is 8.97. The number of nitrogens with one attached hydrogen (secondary N) is 2. The summed E-state index contributed by atoms with van der Waals surface area (Å²) in [5.41, 5.74) is 2.57. The number of thiazole rings is 1. The van der Waals surface area contributed by atoms with Crippen LogP contribution in [-0.4, -0.2) is 43.5 Å². The van der Waals surface area contributed by atoms with Gasteiger partial charge in [-0.15, -0.1) is 35.3 Å². The van der Waals surface area contributed by atoms with Crippen LogP contribution in [0, 0.1) is 6.92 Å². The fourth-order valence-electron chi connectivity index (χ4n) is 2.34. The van der Waals surface area contributed by atoms with Crippen molar-refractivity contribution in [2.75, 3.05) is 27.7 Å². The Labute approximate surface area is 172 Å². The maximum atomic E-state index is 4.38. The van der Waals surface area contributed by atoms with Gasteiger partial charge in [-0.1, -0.05) is 24.3 Å². The van der Waals surface area contributed by atoms with Crippen molar-refractivity contribution in [2.45, 2.75) is 26.4 Å². The van der Waals surface area contributed by atoms with Crippen LogP contribution in [0.5, 0.6) is 0 Å². The minimum Gasteiger partial charge on any atom is -0.356 e. The normalized spacial score (nSPS) is 11.3. The molecule has 0 saturated carbocycles. The van der Waals surface area contributed by atoms with Gasteiger partial charge in [-0.25, -0.2) is 4.98 Å². The summed E-state index contributed by atoms with van der Waals surface area (Å²) >= 11 is 1.75. The van der Waals surface area contributed by atoms with Crippen molar-refractivity contribution >= 4 is 41.3 Å². The molecular formula is C18H28IN5S. The maximum Gasteiger partial charge on any atom is 0.191 e. The summed E-state index contributed by atoms with van der Waals surface area (Å²) in [7, 11) is 5.96. The van der Waals surface area contributed by atoms with E-state index in [-0.39, 0.29) is 24.0 Å². The molecule has 1 aromatic carbocycles. The van der Waals surface area contributed by atoms with Crippen molar-refractivity contribution < 1.29 is 0 Å². The number of aryl methyl sites for hydroxylation is 1. The first-order chi connectivity index (χ1) is 11.6. The summed E-state index contributed by atoms with van der Waals surface area (Å²) in [6.07, 6.45) is 2.84. The van der Waals surface area contributed by atoms with Crippen LogP contribution in [-0.2, 0) is 19.5 Å². The second kappa shape index (κ2) is 11.4. The zero-order valence-electron chi connectivity index (χ0n) is 15.4. The van der Waals surface area contributed by atoms with E-state index in [1.54, 1.807) is 18.4 Å². The van der Waals surface area contributed by atoms with Crippen LogP contribution in [0.1, 0.15) is 21.0 Å². The Bertz CT molecular complexity index is 652. The van der Waals surface area contributed by atoms with E-state index in [9.17, 15) is 0 Å². The predicted octanol–water partition coefficient (Wildman–Crippen LogP) is 3.04. The van der Waals surface area contributed by atoms with Gasteiger partial charge in [0, 0.05) is 44.2 Å². The molecule has 5 nitrogen and oxygen atoms in total. The van der Waals surface area contributed by atoms with Crippen molar-refractivity contribution in [3.63, 3.8) is 0 Å². The van der Waals surface area contributed by atoms with Crippen molar-refractivity contribution in [3.05, 3.63) is 51.5 Å². The van der Waals surface area contributed by atoms with Gasteiger partial charge in [0.25, 0.3) is 0 Å². The lowest BCUT2D eigenvalue weighted by Crippen LogP contribution is -2.37. The molecular weight excluding hydrogens is 445 g/mol. The van der Waals surface area contributed by atoms with Crippen LogP contribution in [0.25, 0.3) is 0 Å². The zero-order chi connectivity index (χ0) is 17.4. The summed E-state index contributed by atoms with van der Waals surface area (Å²) in [5.74, 6) is 0.820. The Kier molecular flexibility index (Phi) is 9.99. The zero-order valence-corrected chi connectivity index (χ0v) is 18.5. The molecule has 0 aliphatic carbocycles. The number of halogens is 1. The van der Waals surface area contributed by atoms with Gasteiger partial charge in [-0.3, -0.25) is 4.99 Å². The van der Waals surface area contributed by atoms with Gasteiger partial charge in [0.2, 0.25) is 0 Å². The molecule has 2 N–H and O–H groups in total. The summed E-state index contributed by atoms with van der Waals surface area (Å²) in [5, 5.41) is 7.84. The summed E-state index contributed by atoms with van der Waals surface area (Å²) in [6.45, 7) is 4.64. The molecule has 0 aliphatic rings. The first kappa shape index (κ1) is 21.9. The molecule has 0 atom stereocenters. The minimum atomic E-state index is 0. The van der Waals surface area contributed by atoms with Gasteiger partial charge < -0.3 is 15.5 Å². The Morgan fingerprint density at radius 3 is 2.40 bits per heavy atom. The Morgan fingerprint density at radius 1 is 1.16 bits per heavy atom. The van der Waals surface area contributed by atoms with Gasteiger partial charge in [0.1, 0.15) is 0 Å². The Morgan fingerprint density at radius 2 is 1.84 bits per heavy atom. The van der Waals surface area contributed by atoms with E-state index in [1.807, 2.05) is 6.20 Å². The van der Waals surface area contributed by atoms with Crippen molar-refractivity contribution in [2.24, 2.45) is 4.99 Å². The number of aromatic nitrogens is 1. The summed E-state index contributed by atoms with van der Waals surface area (Å²) in [6, 6.07) is 8.69. The third kappa shape index (κ3) is 8.15. The first-order valence-electron chi connectivity index (χ1n) is 8.15. The summed E-state index contributed by atoms with van der Waals surface area (Å²) in [4.78, 5) is 12.1. The highest BCUT2D eigenvalue weighted by Crippen LogP contribution is 2.11. The predicted molar refractivity (Wildman–Crippen MR) is 118 cm³/mol. The number of benzene rings is 1. The highest BCUT2D eigenvalue weighted by atomic mass is 127. The molecule has 0 aliphatic heterocycles. The van der Waals surface area contributed by atoms with Crippen LogP contribution in [0.3, 0.4) is 0 Å². The Hall–Kier alpha value is -1.19. The monoisotopic (exact) mass is 473 g/mol. The van der Waals surface area contributed by atoms with E-state index in [0.29, 0.717) is 0 Å². The second-order valence-corrected chi connectivity index (χ2v) is 7.34. The lowest BCUT2D eigenvalue weighted by atomic mass is 10.1. The summed E-state index contributed by atoms with van der Waals surface area (Å²) < 4.78 is 0. The molecule has 1 heterocycles. The largest absolute Gasteiger partial charge is 0.356 e. The van der Waals surface area contributed by atoms with Crippen molar-refractivity contribution in [1.29, 1.82) is 0 Å². The van der Waals surface area contributed by atoms with Crippen LogP contribution < -0.4 is 10.6 Å². The Balaban J connectivity index is 0.00000312. The highest BCUT2D eigenvalue weighted by Gasteiger charge is 2.02. The molecule has 138 valence electrons. The lowest BCUT2D eigenvalue weighted by Gasteiger charge is -2.13. The molecule has 1 aromatic heterocycles. The number of guanidine groups is 1. The van der Waals surface area contributed by atoms with E-state index in [0.717, 1.165) is 37.0 Å². The van der Waals surface area contributed by atoms with E-state index >= 15 is 0 Å². The number of aliphatic imine (C=N–C) groups is 1. The fraction of sp³-hybridized carbons (Fsp3) is 0.444. The van der Waals surface area contributed by atoms with Crippen molar-refractivity contribution in [1.82, 2.24) is 20.5 Å². The second-order valence-electron chi connectivity index (χ2n) is 6.02. The molecule has 0 saturated heterocycles. The van der Waals surface area contributed by atoms with Crippen LogP contribution >= 0.6 is 35.3 Å². The number of hydrogen-bond donors (Lipinski definition) is 2. The van der Waals surface area contributed by atoms with Crippen LogP contribution in [0.15, 0.2) is 35.5 Å². The fourth-order valence-corrected chi connectivity index (χ4v) is 3.13. The van der Waals surface area contributed by atoms with Crippen LogP contribution in [0.4, 0.5) is 0 Å². The molecule has 0 radical (unpaired) electrons. The van der Waals surface area contributed by atoms with Crippen molar-refractivity contribution in [3.8, 4) is 0 Å². The molecule has 0 amide bonds. The number of nitrogens with zero attached hydrogens (tertiary/aromatic N) is 3. The van der Waals surface area contributed by atoms with Gasteiger partial charge >= 0.3 is 0 Å². The molecule has 0 unspecified atom stereocenters. The topological polar surface area (TPSA) is 52.6 Å². The third-order valence-corrected chi connectivity index (χ3v) is 4.48. The lowest BCUT2D eigenvalue weighted by molar-refractivity contribution is 0.402. The van der Waals surface area contributed by atoms with Gasteiger partial charge in [0.05, 0.1) is 5.01 Å². The standard InChI is InChI=1S/C18H27N5S.HI/c1-14-11-21-17(24-14)9-10-20-18(19-2)22-12-15-5-7-16(8-6-15)13-23(3)4;/h5-8,11H,9-10,12-13H2,1-4H3,(H2,19,20,22);1H. The molecule has 25 heavy (non-hydrogen) atoms. The third-order valence-electron chi connectivity index (χ3n) is 3.51. The minimum absolute atomic E-state index is 0. The highest BCUT2D eigenvalue weighted by molar-refractivity contribution is 14.0. The average Bonchev–Trinajstić information content (AvgIpc) is 2.97. The van der Waals surface area contributed by atoms with Crippen LogP contribution in [0.2, 0.25) is 0 Å². The number of rotatable bonds is 7. The van der Waals surface area contributed by atoms with Gasteiger partial charge in [-0.05, 0) is 32.1 Å². The van der Waals surface area contributed by atoms with E-state index < -0.39 is 0 Å². The van der Waals surface area contributed by atoms with E-state index in [2.05, 4.69) is 70.8 Å². The van der Waals surface area contributed by atoms with E-state index in [1.165, 1.54) is 16.0 Å². The van der Waals surface area contributed by atoms with E-state index in [4.69, 9.17) is 0 Å². The molecule has 7 heteroatoms. The van der Waals surface area contributed by atoms with Gasteiger partial charge in [0.15, 0.2) is 5.96 Å². The van der Waals surface area contributed by atoms with Gasteiger partial charge in [-0.2, -0.15) is 0 Å². The molecule has 0 bridgehead atoms. The number of hydrogen-bond acceptors (Lipinski definition) is 4. The maximum absolute atomic E-state index is 4.38.